The van der Waals surface area contributed by atoms with Crippen molar-refractivity contribution in [2.24, 2.45) is 0 Å². The second-order valence-electron chi connectivity index (χ2n) is 7.71. The molecule has 0 aliphatic carbocycles. The molecule has 2 aliphatic rings. The SMILES string of the molecule is CC1CN(c2ccc(CNC(=O)COc3ccc(C4SCCCS4)cc3)cn2)CCO1. The highest BCUT2D eigenvalue weighted by molar-refractivity contribution is 8.16. The predicted molar refractivity (Wildman–Crippen MR) is 128 cm³/mol. The van der Waals surface area contributed by atoms with Gasteiger partial charge < -0.3 is 19.7 Å². The monoisotopic (exact) mass is 459 g/mol. The number of amides is 1. The molecule has 1 aromatic heterocycles. The number of pyridine rings is 1. The summed E-state index contributed by atoms with van der Waals surface area (Å²) < 4.78 is 11.7. The first-order valence-electron chi connectivity index (χ1n) is 10.7. The number of anilines is 1. The van der Waals surface area contributed by atoms with Gasteiger partial charge in [-0.1, -0.05) is 18.2 Å². The van der Waals surface area contributed by atoms with Crippen LogP contribution in [0.15, 0.2) is 42.6 Å². The smallest absolute Gasteiger partial charge is 0.258 e. The Bertz CT molecular complexity index is 842. The second-order valence-corrected chi connectivity index (χ2v) is 10.4. The number of nitrogens with zero attached hydrogens (tertiary/aromatic N) is 2. The molecule has 2 aromatic rings. The zero-order valence-corrected chi connectivity index (χ0v) is 19.4. The lowest BCUT2D eigenvalue weighted by molar-refractivity contribution is -0.123. The van der Waals surface area contributed by atoms with Gasteiger partial charge in [0.1, 0.15) is 11.6 Å². The van der Waals surface area contributed by atoms with E-state index < -0.39 is 0 Å². The van der Waals surface area contributed by atoms with Crippen molar-refractivity contribution in [3.05, 3.63) is 53.7 Å². The molecule has 1 unspecified atom stereocenters. The van der Waals surface area contributed by atoms with Crippen LogP contribution in [0, 0.1) is 0 Å². The molecule has 3 heterocycles. The Morgan fingerprint density at radius 2 is 2.03 bits per heavy atom. The van der Waals surface area contributed by atoms with Crippen LogP contribution in [0.2, 0.25) is 0 Å². The first-order chi connectivity index (χ1) is 15.2. The van der Waals surface area contributed by atoms with Gasteiger partial charge in [0, 0.05) is 25.8 Å². The molecule has 2 aliphatic heterocycles. The zero-order chi connectivity index (χ0) is 21.5. The molecule has 4 rings (SSSR count). The van der Waals surface area contributed by atoms with Crippen LogP contribution in [0.25, 0.3) is 0 Å². The lowest BCUT2D eigenvalue weighted by atomic mass is 10.2. The molecule has 6 nitrogen and oxygen atoms in total. The van der Waals surface area contributed by atoms with Gasteiger partial charge in [0.05, 0.1) is 17.3 Å². The summed E-state index contributed by atoms with van der Waals surface area (Å²) in [4.78, 5) is 18.9. The Kier molecular flexibility index (Phi) is 7.99. The molecule has 2 fully saturated rings. The van der Waals surface area contributed by atoms with Gasteiger partial charge in [0.2, 0.25) is 0 Å². The van der Waals surface area contributed by atoms with Gasteiger partial charge in [-0.2, -0.15) is 0 Å². The van der Waals surface area contributed by atoms with Crippen molar-refractivity contribution in [2.75, 3.05) is 42.7 Å². The Balaban J connectivity index is 1.19. The summed E-state index contributed by atoms with van der Waals surface area (Å²) in [5.74, 6) is 3.97. The minimum atomic E-state index is -0.145. The molecule has 1 amide bonds. The first kappa shape index (κ1) is 22.3. The number of nitrogens with one attached hydrogen (secondary N) is 1. The molecular weight excluding hydrogens is 430 g/mol. The molecule has 0 spiro atoms. The van der Waals surface area contributed by atoms with Crippen molar-refractivity contribution < 1.29 is 14.3 Å². The van der Waals surface area contributed by atoms with E-state index in [1.165, 1.54) is 23.5 Å². The highest BCUT2D eigenvalue weighted by Gasteiger charge is 2.18. The molecule has 8 heteroatoms. The number of rotatable bonds is 7. The molecule has 2 saturated heterocycles. The summed E-state index contributed by atoms with van der Waals surface area (Å²) in [5.41, 5.74) is 2.28. The van der Waals surface area contributed by atoms with E-state index in [1.54, 1.807) is 0 Å². The summed E-state index contributed by atoms with van der Waals surface area (Å²) in [6.45, 7) is 4.93. The molecule has 166 valence electrons. The number of thioether (sulfide) groups is 2. The van der Waals surface area contributed by atoms with Crippen molar-refractivity contribution in [3.8, 4) is 5.75 Å². The van der Waals surface area contributed by atoms with Gasteiger partial charge in [-0.3, -0.25) is 4.79 Å². The van der Waals surface area contributed by atoms with E-state index >= 15 is 0 Å². The van der Waals surface area contributed by atoms with Gasteiger partial charge in [-0.25, -0.2) is 4.98 Å². The van der Waals surface area contributed by atoms with Gasteiger partial charge in [0.25, 0.3) is 5.91 Å². The van der Waals surface area contributed by atoms with Crippen molar-refractivity contribution in [2.45, 2.75) is 30.6 Å². The maximum absolute atomic E-state index is 12.2. The van der Waals surface area contributed by atoms with Crippen LogP contribution in [0.1, 0.15) is 29.1 Å². The minimum absolute atomic E-state index is 0.00343. The molecule has 1 atom stereocenters. The molecular formula is C23H29N3O3S2. The van der Waals surface area contributed by atoms with E-state index in [9.17, 15) is 4.79 Å². The van der Waals surface area contributed by atoms with E-state index in [-0.39, 0.29) is 18.6 Å². The summed E-state index contributed by atoms with van der Waals surface area (Å²) >= 11 is 4.00. The quantitative estimate of drug-likeness (QED) is 0.674. The third kappa shape index (κ3) is 6.54. The minimum Gasteiger partial charge on any atom is -0.484 e. The number of hydrogen-bond donors (Lipinski definition) is 1. The Hall–Kier alpha value is -1.90. The number of hydrogen-bond acceptors (Lipinski definition) is 7. The largest absolute Gasteiger partial charge is 0.484 e. The van der Waals surface area contributed by atoms with Crippen molar-refractivity contribution in [1.82, 2.24) is 10.3 Å². The summed E-state index contributed by atoms with van der Waals surface area (Å²) in [7, 11) is 0. The van der Waals surface area contributed by atoms with Gasteiger partial charge in [-0.15, -0.1) is 23.5 Å². The van der Waals surface area contributed by atoms with E-state index in [2.05, 4.69) is 34.3 Å². The van der Waals surface area contributed by atoms with Crippen LogP contribution >= 0.6 is 23.5 Å². The van der Waals surface area contributed by atoms with Crippen molar-refractivity contribution >= 4 is 35.2 Å². The number of ether oxygens (including phenoxy) is 2. The van der Waals surface area contributed by atoms with Crippen molar-refractivity contribution in [3.63, 3.8) is 0 Å². The maximum atomic E-state index is 12.2. The third-order valence-corrected chi connectivity index (χ3v) is 8.23. The van der Waals surface area contributed by atoms with E-state index in [0.29, 0.717) is 11.1 Å². The number of carbonyl (C=O) groups excluding carboxylic acids is 1. The van der Waals surface area contributed by atoms with Gasteiger partial charge in [-0.05, 0) is 54.2 Å². The fourth-order valence-corrected chi connectivity index (χ4v) is 6.43. The summed E-state index contributed by atoms with van der Waals surface area (Å²) in [5, 5.41) is 2.89. The molecule has 0 radical (unpaired) electrons. The molecule has 1 aromatic carbocycles. The number of morpholine rings is 1. The molecule has 0 saturated carbocycles. The number of benzene rings is 1. The summed E-state index contributed by atoms with van der Waals surface area (Å²) in [6, 6.07) is 12.1. The van der Waals surface area contributed by atoms with Crippen LogP contribution in [-0.2, 0) is 16.1 Å². The normalized spacial score (nSPS) is 19.8. The maximum Gasteiger partial charge on any atom is 0.258 e. The topological polar surface area (TPSA) is 63.7 Å². The average molecular weight is 460 g/mol. The van der Waals surface area contributed by atoms with Crippen LogP contribution in [0.3, 0.4) is 0 Å². The lowest BCUT2D eigenvalue weighted by Gasteiger charge is -2.32. The fraction of sp³-hybridized carbons (Fsp3) is 0.478. The lowest BCUT2D eigenvalue weighted by Crippen LogP contribution is -2.41. The molecule has 31 heavy (non-hydrogen) atoms. The van der Waals surface area contributed by atoms with Gasteiger partial charge >= 0.3 is 0 Å². The van der Waals surface area contributed by atoms with Crippen LogP contribution in [-0.4, -0.2) is 54.8 Å². The Morgan fingerprint density at radius 3 is 2.74 bits per heavy atom. The second kappa shape index (κ2) is 11.1. The van der Waals surface area contributed by atoms with E-state index in [4.69, 9.17) is 9.47 Å². The average Bonchev–Trinajstić information content (AvgIpc) is 2.83. The highest BCUT2D eigenvalue weighted by atomic mass is 32.2. The molecule has 1 N–H and O–H groups in total. The van der Waals surface area contributed by atoms with Crippen LogP contribution < -0.4 is 15.0 Å². The van der Waals surface area contributed by atoms with E-state index in [1.807, 2.05) is 54.0 Å². The molecule has 0 bridgehead atoms. The van der Waals surface area contributed by atoms with Crippen LogP contribution in [0.5, 0.6) is 5.75 Å². The van der Waals surface area contributed by atoms with Crippen molar-refractivity contribution in [1.29, 1.82) is 0 Å². The Morgan fingerprint density at radius 1 is 1.23 bits per heavy atom. The zero-order valence-electron chi connectivity index (χ0n) is 17.8. The predicted octanol–water partition coefficient (Wildman–Crippen LogP) is 3.87. The highest BCUT2D eigenvalue weighted by Crippen LogP contribution is 2.43. The number of aromatic nitrogens is 1. The van der Waals surface area contributed by atoms with E-state index in [0.717, 1.165) is 36.8 Å². The fourth-order valence-electron chi connectivity index (χ4n) is 3.54. The number of carbonyl (C=O) groups is 1. The summed E-state index contributed by atoms with van der Waals surface area (Å²) in [6.07, 6.45) is 3.32. The third-order valence-electron chi connectivity index (χ3n) is 5.21. The van der Waals surface area contributed by atoms with Crippen LogP contribution in [0.4, 0.5) is 5.82 Å². The first-order valence-corrected chi connectivity index (χ1v) is 12.8. The Labute approximate surface area is 192 Å². The standard InChI is InChI=1S/C23H29N3O3S2/c1-17-15-26(9-10-28-17)21-8-3-18(13-24-21)14-25-22(27)16-29-20-6-4-19(5-7-20)23-30-11-2-12-31-23/h3-8,13,17,23H,2,9-12,14-16H2,1H3,(H,25,27). The van der Waals surface area contributed by atoms with Gasteiger partial charge in [0.15, 0.2) is 6.61 Å².